The maximum atomic E-state index is 4.54. The van der Waals surface area contributed by atoms with Crippen molar-refractivity contribution in [3.63, 3.8) is 0 Å². The Kier molecular flexibility index (Phi) is 13.9. The van der Waals surface area contributed by atoms with Crippen molar-refractivity contribution < 1.29 is 4.74 Å². The van der Waals surface area contributed by atoms with E-state index < -0.39 is 0 Å². The Balaban J connectivity index is 0. The van der Waals surface area contributed by atoms with Crippen LogP contribution in [0.3, 0.4) is 0 Å². The standard InChI is InChI=1S/C6H6.C3H8O.CH4/c1-2-4-6-5-3-1;1-3-4-2;/h1-6H;3H2,1-2H3;1H4. The van der Waals surface area contributed by atoms with Crippen LogP contribution in [0.2, 0.25) is 0 Å². The summed E-state index contributed by atoms with van der Waals surface area (Å²) in [6.45, 7) is 2.78. The van der Waals surface area contributed by atoms with Gasteiger partial charge in [-0.15, -0.1) is 0 Å². The zero-order chi connectivity index (χ0) is 7.66. The second kappa shape index (κ2) is 11.9. The SMILES string of the molecule is C.CCOC.c1ccccc1. The third-order valence-electron chi connectivity index (χ3n) is 0.955. The van der Waals surface area contributed by atoms with Gasteiger partial charge in [0.1, 0.15) is 0 Å². The van der Waals surface area contributed by atoms with Gasteiger partial charge in [-0.3, -0.25) is 0 Å². The molecule has 0 amide bonds. The van der Waals surface area contributed by atoms with Crippen LogP contribution >= 0.6 is 0 Å². The van der Waals surface area contributed by atoms with Crippen molar-refractivity contribution in [3.8, 4) is 0 Å². The highest BCUT2D eigenvalue weighted by molar-refractivity contribution is 4.99. The molecule has 1 aromatic rings. The summed E-state index contributed by atoms with van der Waals surface area (Å²) in [7, 11) is 1.68. The van der Waals surface area contributed by atoms with Gasteiger partial charge in [-0.05, 0) is 6.92 Å². The number of hydrogen-bond acceptors (Lipinski definition) is 1. The van der Waals surface area contributed by atoms with Crippen LogP contribution in [0.5, 0.6) is 0 Å². The summed E-state index contributed by atoms with van der Waals surface area (Å²) >= 11 is 0. The van der Waals surface area contributed by atoms with Crippen LogP contribution in [-0.4, -0.2) is 13.7 Å². The molecule has 0 saturated heterocycles. The lowest BCUT2D eigenvalue weighted by Crippen LogP contribution is -1.73. The Hall–Kier alpha value is -0.820. The van der Waals surface area contributed by atoms with Crippen molar-refractivity contribution in [2.24, 2.45) is 0 Å². The first-order valence-electron chi connectivity index (χ1n) is 3.40. The van der Waals surface area contributed by atoms with Crippen molar-refractivity contribution in [3.05, 3.63) is 36.4 Å². The van der Waals surface area contributed by atoms with Crippen LogP contribution < -0.4 is 0 Å². The van der Waals surface area contributed by atoms with Gasteiger partial charge in [0.15, 0.2) is 0 Å². The summed E-state index contributed by atoms with van der Waals surface area (Å²) in [6, 6.07) is 12.0. The molecule has 0 aliphatic carbocycles. The maximum absolute atomic E-state index is 4.54. The summed E-state index contributed by atoms with van der Waals surface area (Å²) in [5, 5.41) is 0. The third-order valence-corrected chi connectivity index (χ3v) is 0.955. The lowest BCUT2D eigenvalue weighted by molar-refractivity contribution is 0.215. The highest BCUT2D eigenvalue weighted by atomic mass is 16.5. The predicted molar refractivity (Wildman–Crippen MR) is 50.7 cm³/mol. The molecule has 64 valence electrons. The van der Waals surface area contributed by atoms with E-state index in [0.717, 1.165) is 6.61 Å². The van der Waals surface area contributed by atoms with E-state index in [4.69, 9.17) is 0 Å². The molecule has 0 radical (unpaired) electrons. The molecule has 0 aromatic heterocycles. The molecule has 0 heterocycles. The van der Waals surface area contributed by atoms with Gasteiger partial charge in [-0.2, -0.15) is 0 Å². The van der Waals surface area contributed by atoms with Crippen LogP contribution in [0.4, 0.5) is 0 Å². The van der Waals surface area contributed by atoms with Crippen molar-refractivity contribution in [1.82, 2.24) is 0 Å². The minimum absolute atomic E-state index is 0. The number of rotatable bonds is 1. The Morgan fingerprint density at radius 1 is 0.909 bits per heavy atom. The highest BCUT2D eigenvalue weighted by Gasteiger charge is 1.57. The average molecular weight is 154 g/mol. The molecule has 0 atom stereocenters. The summed E-state index contributed by atoms with van der Waals surface area (Å²) in [5.41, 5.74) is 0. The van der Waals surface area contributed by atoms with E-state index in [0.29, 0.717) is 0 Å². The fraction of sp³-hybridized carbons (Fsp3) is 0.400. The van der Waals surface area contributed by atoms with Crippen molar-refractivity contribution in [1.29, 1.82) is 0 Å². The molecule has 11 heavy (non-hydrogen) atoms. The molecule has 0 unspecified atom stereocenters. The van der Waals surface area contributed by atoms with Gasteiger partial charge < -0.3 is 4.74 Å². The normalized spacial score (nSPS) is 7.09. The summed E-state index contributed by atoms with van der Waals surface area (Å²) in [5.74, 6) is 0. The fourth-order valence-electron chi connectivity index (χ4n) is 0.385. The Bertz CT molecular complexity index is 96.8. The summed E-state index contributed by atoms with van der Waals surface area (Å²) in [6.07, 6.45) is 0. The molecule has 1 heteroatoms. The van der Waals surface area contributed by atoms with E-state index in [1.807, 2.05) is 43.3 Å². The van der Waals surface area contributed by atoms with Crippen LogP contribution in [0, 0.1) is 0 Å². The summed E-state index contributed by atoms with van der Waals surface area (Å²) in [4.78, 5) is 0. The lowest BCUT2D eigenvalue weighted by Gasteiger charge is -1.76. The topological polar surface area (TPSA) is 9.23 Å². The molecule has 0 fully saturated rings. The minimum atomic E-state index is 0. The van der Waals surface area contributed by atoms with Crippen LogP contribution in [0.15, 0.2) is 36.4 Å². The van der Waals surface area contributed by atoms with Gasteiger partial charge in [-0.25, -0.2) is 0 Å². The second-order valence-corrected chi connectivity index (χ2v) is 1.73. The molecule has 0 aliphatic heterocycles. The van der Waals surface area contributed by atoms with Gasteiger partial charge >= 0.3 is 0 Å². The second-order valence-electron chi connectivity index (χ2n) is 1.73. The van der Waals surface area contributed by atoms with Gasteiger partial charge in [0.05, 0.1) is 0 Å². The van der Waals surface area contributed by atoms with E-state index in [1.54, 1.807) is 7.11 Å². The van der Waals surface area contributed by atoms with Crippen LogP contribution in [0.25, 0.3) is 0 Å². The van der Waals surface area contributed by atoms with Crippen molar-refractivity contribution in [2.75, 3.05) is 13.7 Å². The van der Waals surface area contributed by atoms with Gasteiger partial charge in [0, 0.05) is 13.7 Å². The smallest absolute Gasteiger partial charge is 0.0433 e. The molecule has 0 saturated carbocycles. The maximum Gasteiger partial charge on any atom is 0.0433 e. The van der Waals surface area contributed by atoms with Gasteiger partial charge in [0.2, 0.25) is 0 Å². The number of benzene rings is 1. The van der Waals surface area contributed by atoms with E-state index >= 15 is 0 Å². The van der Waals surface area contributed by atoms with E-state index in [1.165, 1.54) is 0 Å². The molecule has 1 nitrogen and oxygen atoms in total. The largest absolute Gasteiger partial charge is 0.385 e. The Morgan fingerprint density at radius 2 is 1.09 bits per heavy atom. The van der Waals surface area contributed by atoms with Crippen molar-refractivity contribution >= 4 is 0 Å². The average Bonchev–Trinajstić information content (AvgIpc) is 2.08. The number of ether oxygens (including phenoxy) is 1. The first-order chi connectivity index (χ1) is 4.91. The molecule has 1 aromatic carbocycles. The first-order valence-corrected chi connectivity index (χ1v) is 3.40. The number of methoxy groups -OCH3 is 1. The molecule has 0 aliphatic rings. The zero-order valence-corrected chi connectivity index (χ0v) is 6.58. The molecule has 0 N–H and O–H groups in total. The fourth-order valence-corrected chi connectivity index (χ4v) is 0.385. The quantitative estimate of drug-likeness (QED) is 0.604. The monoisotopic (exact) mass is 154 g/mol. The molecular weight excluding hydrogens is 136 g/mol. The van der Waals surface area contributed by atoms with Gasteiger partial charge in [0.25, 0.3) is 0 Å². The first kappa shape index (κ1) is 12.8. The molecule has 0 bridgehead atoms. The van der Waals surface area contributed by atoms with Crippen LogP contribution in [-0.2, 0) is 4.74 Å². The predicted octanol–water partition coefficient (Wildman–Crippen LogP) is 2.98. The third kappa shape index (κ3) is 12.4. The zero-order valence-electron chi connectivity index (χ0n) is 6.58. The van der Waals surface area contributed by atoms with Crippen molar-refractivity contribution in [2.45, 2.75) is 14.4 Å². The molecule has 0 spiro atoms. The molecular formula is C10H18O. The van der Waals surface area contributed by atoms with Crippen LogP contribution in [0.1, 0.15) is 14.4 Å². The minimum Gasteiger partial charge on any atom is -0.385 e. The number of hydrogen-bond donors (Lipinski definition) is 0. The highest BCUT2D eigenvalue weighted by Crippen LogP contribution is 1.79. The molecule has 1 rings (SSSR count). The van der Waals surface area contributed by atoms with E-state index in [2.05, 4.69) is 4.74 Å². The van der Waals surface area contributed by atoms with E-state index in [9.17, 15) is 0 Å². The summed E-state index contributed by atoms with van der Waals surface area (Å²) < 4.78 is 4.54. The Labute approximate surface area is 70.0 Å². The van der Waals surface area contributed by atoms with E-state index in [-0.39, 0.29) is 7.43 Å². The Morgan fingerprint density at radius 3 is 1.18 bits per heavy atom. The lowest BCUT2D eigenvalue weighted by atomic mass is 10.4. The van der Waals surface area contributed by atoms with Gasteiger partial charge in [-0.1, -0.05) is 43.8 Å².